The maximum Gasteiger partial charge on any atom is 0.469 e. The maximum absolute atomic E-state index is 10.8. The van der Waals surface area contributed by atoms with Crippen molar-refractivity contribution in [1.29, 1.82) is 0 Å². The van der Waals surface area contributed by atoms with Gasteiger partial charge in [-0.3, -0.25) is 9.09 Å². The molecular weight excluding hydrogens is 345 g/mol. The van der Waals surface area contributed by atoms with E-state index in [0.29, 0.717) is 11.2 Å². The molecule has 0 aromatic carbocycles. The van der Waals surface area contributed by atoms with Crippen molar-refractivity contribution in [1.82, 2.24) is 14.5 Å². The molecule has 12 nitrogen and oxygen atoms in total. The molecule has 1 fully saturated rings. The number of aromatic nitrogens is 4. The van der Waals surface area contributed by atoms with Gasteiger partial charge < -0.3 is 30.5 Å². The molecule has 0 amide bonds. The number of phosphoric acid groups is 1. The van der Waals surface area contributed by atoms with Crippen molar-refractivity contribution in [2.75, 3.05) is 12.3 Å². The minimum absolute atomic E-state index is 0.232. The van der Waals surface area contributed by atoms with Crippen LogP contribution in [-0.4, -0.2) is 59.5 Å². The first-order chi connectivity index (χ1) is 11.2. The van der Waals surface area contributed by atoms with Gasteiger partial charge in [0, 0.05) is 0 Å². The van der Waals surface area contributed by atoms with Crippen LogP contribution in [0.5, 0.6) is 0 Å². The molecule has 6 N–H and O–H groups in total. The molecule has 0 saturated carbocycles. The molecule has 2 aromatic heterocycles. The molecule has 1 aliphatic heterocycles. The third kappa shape index (κ3) is 3.00. The van der Waals surface area contributed by atoms with Crippen molar-refractivity contribution in [2.24, 2.45) is 7.05 Å². The summed E-state index contributed by atoms with van der Waals surface area (Å²) in [7, 11) is -3.02. The number of hydrogen-bond acceptors (Lipinski definition) is 8. The lowest BCUT2D eigenvalue weighted by molar-refractivity contribution is -0.745. The van der Waals surface area contributed by atoms with Crippen LogP contribution in [0.25, 0.3) is 11.2 Å². The summed E-state index contributed by atoms with van der Waals surface area (Å²) < 4.78 is 23.7. The fourth-order valence-electron chi connectivity index (χ4n) is 2.66. The van der Waals surface area contributed by atoms with Gasteiger partial charge in [0.15, 0.2) is 18.5 Å². The molecule has 0 unspecified atom stereocenters. The van der Waals surface area contributed by atoms with Gasteiger partial charge in [-0.2, -0.15) is 4.98 Å². The molecule has 13 heteroatoms. The number of imidazole rings is 1. The predicted molar refractivity (Wildman–Crippen MR) is 77.0 cm³/mol. The third-order valence-electron chi connectivity index (χ3n) is 3.74. The highest BCUT2D eigenvalue weighted by molar-refractivity contribution is 7.46. The van der Waals surface area contributed by atoms with Gasteiger partial charge in [0.1, 0.15) is 18.3 Å². The van der Waals surface area contributed by atoms with Crippen molar-refractivity contribution in [3.63, 3.8) is 0 Å². The number of anilines is 1. The molecule has 0 bridgehead atoms. The fraction of sp³-hybridized carbons (Fsp3) is 0.545. The second-order valence-electron chi connectivity index (χ2n) is 5.40. The van der Waals surface area contributed by atoms with Gasteiger partial charge in [-0.25, -0.2) is 9.13 Å². The molecule has 3 heterocycles. The summed E-state index contributed by atoms with van der Waals surface area (Å²) in [4.78, 5) is 25.5. The number of ether oxygens (including phenoxy) is 1. The number of nitrogen functional groups attached to an aromatic ring is 1. The van der Waals surface area contributed by atoms with Gasteiger partial charge in [-0.1, -0.05) is 4.98 Å². The van der Waals surface area contributed by atoms with Crippen molar-refractivity contribution in [2.45, 2.75) is 24.5 Å². The van der Waals surface area contributed by atoms with Crippen LogP contribution in [0.4, 0.5) is 5.82 Å². The molecular formula is C11H17N5O7P+. The summed E-state index contributed by atoms with van der Waals surface area (Å²) in [6, 6.07) is 0. The van der Waals surface area contributed by atoms with Crippen LogP contribution in [-0.2, 0) is 20.9 Å². The largest absolute Gasteiger partial charge is 0.469 e. The lowest BCUT2D eigenvalue weighted by Gasteiger charge is -2.14. The fourth-order valence-corrected chi connectivity index (χ4v) is 3.00. The molecule has 1 saturated heterocycles. The Morgan fingerprint density at radius 2 is 2.12 bits per heavy atom. The Morgan fingerprint density at radius 1 is 1.42 bits per heavy atom. The van der Waals surface area contributed by atoms with Gasteiger partial charge in [-0.05, 0) is 0 Å². The number of phosphoric ester groups is 1. The van der Waals surface area contributed by atoms with Gasteiger partial charge in [0.2, 0.25) is 11.7 Å². The molecule has 2 aromatic rings. The van der Waals surface area contributed by atoms with Crippen molar-refractivity contribution in [3.8, 4) is 0 Å². The number of nitrogens with zero attached hydrogens (tertiary/aromatic N) is 4. The summed E-state index contributed by atoms with van der Waals surface area (Å²) in [6.45, 7) is -0.582. The van der Waals surface area contributed by atoms with Crippen LogP contribution in [0.2, 0.25) is 0 Å². The number of rotatable bonds is 4. The molecule has 0 aliphatic carbocycles. The second kappa shape index (κ2) is 6.01. The first-order valence-electron chi connectivity index (χ1n) is 6.87. The lowest BCUT2D eigenvalue weighted by atomic mass is 10.1. The second-order valence-corrected chi connectivity index (χ2v) is 6.64. The third-order valence-corrected chi connectivity index (χ3v) is 4.23. The summed E-state index contributed by atoms with van der Waals surface area (Å²) in [5.74, 6) is 0.232. The Labute approximate surface area is 135 Å². The Balaban J connectivity index is 1.90. The standard InChI is InChI=1S/C11H16N5O7P/c1-15-4-16(10-6(15)9(12)13-3-14-10)11-8(18)7(17)5(23-11)2-22-24(19,20)21/h3-5,7-8,11,17-18H,2H2,1H3,(H3-,12,13,14,19,20,21)/p+1/t5-,7-,8-,11-/m1/s1. The Hall–Kier alpha value is -1.66. The molecule has 132 valence electrons. The maximum atomic E-state index is 10.8. The lowest BCUT2D eigenvalue weighted by Crippen LogP contribution is -2.45. The van der Waals surface area contributed by atoms with E-state index in [1.54, 1.807) is 17.9 Å². The van der Waals surface area contributed by atoms with Crippen LogP contribution in [0.15, 0.2) is 12.7 Å². The number of aliphatic hydroxyl groups is 2. The Kier molecular flexibility index (Phi) is 4.30. The smallest absolute Gasteiger partial charge is 0.387 e. The quantitative estimate of drug-likeness (QED) is 0.290. The van der Waals surface area contributed by atoms with Crippen molar-refractivity contribution >= 4 is 24.8 Å². The number of nitrogens with two attached hydrogens (primary N) is 1. The topological polar surface area (TPSA) is 177 Å². The van der Waals surface area contributed by atoms with Crippen molar-refractivity contribution in [3.05, 3.63) is 12.7 Å². The van der Waals surface area contributed by atoms with E-state index in [9.17, 15) is 14.8 Å². The van der Waals surface area contributed by atoms with E-state index in [0.717, 1.165) is 0 Å². The molecule has 1 aliphatic rings. The number of fused-ring (bicyclic) bond motifs is 1. The molecule has 0 spiro atoms. The summed E-state index contributed by atoms with van der Waals surface area (Å²) >= 11 is 0. The van der Waals surface area contributed by atoms with Gasteiger partial charge in [0.25, 0.3) is 0 Å². The van der Waals surface area contributed by atoms with E-state index in [-0.39, 0.29) is 5.82 Å². The molecule has 3 rings (SSSR count). The highest BCUT2D eigenvalue weighted by Gasteiger charge is 2.47. The van der Waals surface area contributed by atoms with E-state index in [2.05, 4.69) is 14.5 Å². The van der Waals surface area contributed by atoms with Crippen LogP contribution in [0, 0.1) is 0 Å². The summed E-state index contributed by atoms with van der Waals surface area (Å²) in [5.41, 5.74) is 6.69. The van der Waals surface area contributed by atoms with Gasteiger partial charge in [-0.15, -0.1) is 0 Å². The first kappa shape index (κ1) is 17.2. The first-order valence-corrected chi connectivity index (χ1v) is 8.40. The van der Waals surface area contributed by atoms with Gasteiger partial charge >= 0.3 is 13.5 Å². The minimum Gasteiger partial charge on any atom is -0.387 e. The zero-order valence-corrected chi connectivity index (χ0v) is 13.4. The zero-order chi connectivity index (χ0) is 17.6. The van der Waals surface area contributed by atoms with Crippen molar-refractivity contribution < 1.29 is 38.4 Å². The molecule has 24 heavy (non-hydrogen) atoms. The Morgan fingerprint density at radius 3 is 2.79 bits per heavy atom. The van der Waals surface area contributed by atoms with E-state index >= 15 is 0 Å². The predicted octanol–water partition coefficient (Wildman–Crippen LogP) is -2.43. The number of aliphatic hydroxyl groups excluding tert-OH is 2. The van der Waals surface area contributed by atoms with E-state index in [1.165, 1.54) is 10.9 Å². The average molecular weight is 362 g/mol. The molecule has 4 atom stereocenters. The zero-order valence-electron chi connectivity index (χ0n) is 12.5. The normalized spacial score (nSPS) is 27.9. The summed E-state index contributed by atoms with van der Waals surface area (Å²) in [5, 5.41) is 20.3. The number of aryl methyl sites for hydroxylation is 1. The summed E-state index contributed by atoms with van der Waals surface area (Å²) in [6.07, 6.45) is -2.11. The van der Waals surface area contributed by atoms with Gasteiger partial charge in [0.05, 0.1) is 13.7 Å². The SMILES string of the molecule is Cn1c[n+]([C@@H]2O[C@H](COP(=O)(O)O)[C@@H](O)[C@H]2O)c2ncnc(N)c21. The number of hydrogen-bond donors (Lipinski definition) is 5. The Bertz CT molecular complexity index is 807. The highest BCUT2D eigenvalue weighted by atomic mass is 31.2. The minimum atomic E-state index is -4.72. The molecule has 0 radical (unpaired) electrons. The van der Waals surface area contributed by atoms with E-state index in [1.807, 2.05) is 0 Å². The van der Waals surface area contributed by atoms with E-state index < -0.39 is 39.0 Å². The van der Waals surface area contributed by atoms with E-state index in [4.69, 9.17) is 20.3 Å². The van der Waals surface area contributed by atoms with Crippen LogP contribution < -0.4 is 10.3 Å². The monoisotopic (exact) mass is 362 g/mol. The van der Waals surface area contributed by atoms with Crippen LogP contribution in [0.3, 0.4) is 0 Å². The van der Waals surface area contributed by atoms with Crippen LogP contribution >= 0.6 is 7.82 Å². The average Bonchev–Trinajstić information content (AvgIpc) is 2.96. The van der Waals surface area contributed by atoms with Crippen LogP contribution in [0.1, 0.15) is 6.23 Å². The highest BCUT2D eigenvalue weighted by Crippen LogP contribution is 2.37.